The van der Waals surface area contributed by atoms with Crippen molar-refractivity contribution in [1.29, 1.82) is 0 Å². The number of amides is 1. The second kappa shape index (κ2) is 6.23. The number of furan rings is 1. The Morgan fingerprint density at radius 3 is 2.90 bits per heavy atom. The van der Waals surface area contributed by atoms with Crippen molar-refractivity contribution in [1.82, 2.24) is 5.32 Å². The van der Waals surface area contributed by atoms with Crippen LogP contribution in [0.3, 0.4) is 0 Å². The highest BCUT2D eigenvalue weighted by Gasteiger charge is 2.14. The lowest BCUT2D eigenvalue weighted by atomic mass is 10.1. The lowest BCUT2D eigenvalue weighted by molar-refractivity contribution is 0.0934. The van der Waals surface area contributed by atoms with Gasteiger partial charge in [0.05, 0.1) is 11.8 Å². The van der Waals surface area contributed by atoms with Crippen LogP contribution in [0.2, 0.25) is 0 Å². The van der Waals surface area contributed by atoms with Crippen molar-refractivity contribution in [3.8, 4) is 5.75 Å². The third-order valence-corrected chi connectivity index (χ3v) is 2.98. The van der Waals surface area contributed by atoms with Gasteiger partial charge in [-0.3, -0.25) is 4.79 Å². The van der Waals surface area contributed by atoms with Gasteiger partial charge in [-0.15, -0.1) is 0 Å². The van der Waals surface area contributed by atoms with Crippen LogP contribution in [-0.2, 0) is 6.42 Å². The molecule has 2 aromatic rings. The first-order chi connectivity index (χ1) is 9.56. The topological polar surface area (TPSA) is 62.5 Å². The number of aryl methyl sites for hydroxylation is 1. The summed E-state index contributed by atoms with van der Waals surface area (Å²) >= 11 is 0. The van der Waals surface area contributed by atoms with Crippen LogP contribution in [-0.4, -0.2) is 17.1 Å². The molecule has 1 heterocycles. The van der Waals surface area contributed by atoms with Crippen LogP contribution in [0, 0.1) is 5.82 Å². The lowest BCUT2D eigenvalue weighted by Crippen LogP contribution is -2.33. The van der Waals surface area contributed by atoms with Crippen LogP contribution in [0.15, 0.2) is 41.0 Å². The Balaban J connectivity index is 1.90. The molecule has 1 atom stereocenters. The SMILES string of the molecule is CC(CCc1ccco1)NC(=O)c1ccc(O)cc1F. The Hall–Kier alpha value is -2.30. The van der Waals surface area contributed by atoms with E-state index in [1.54, 1.807) is 6.26 Å². The van der Waals surface area contributed by atoms with Crippen molar-refractivity contribution < 1.29 is 18.7 Å². The number of hydrogen-bond acceptors (Lipinski definition) is 3. The quantitative estimate of drug-likeness (QED) is 0.883. The molecule has 1 unspecified atom stereocenters. The Kier molecular flexibility index (Phi) is 4.40. The molecule has 106 valence electrons. The average molecular weight is 277 g/mol. The number of halogens is 1. The van der Waals surface area contributed by atoms with E-state index < -0.39 is 11.7 Å². The Morgan fingerprint density at radius 2 is 2.25 bits per heavy atom. The van der Waals surface area contributed by atoms with E-state index >= 15 is 0 Å². The molecule has 0 aliphatic carbocycles. The van der Waals surface area contributed by atoms with E-state index in [0.29, 0.717) is 12.8 Å². The van der Waals surface area contributed by atoms with Gasteiger partial charge in [-0.1, -0.05) is 0 Å². The summed E-state index contributed by atoms with van der Waals surface area (Å²) in [5.41, 5.74) is -0.0763. The highest BCUT2D eigenvalue weighted by molar-refractivity contribution is 5.94. The maximum atomic E-state index is 13.5. The zero-order chi connectivity index (χ0) is 14.5. The van der Waals surface area contributed by atoms with Crippen LogP contribution in [0.25, 0.3) is 0 Å². The van der Waals surface area contributed by atoms with Crippen molar-refractivity contribution in [2.45, 2.75) is 25.8 Å². The molecule has 0 aliphatic rings. The van der Waals surface area contributed by atoms with Crippen molar-refractivity contribution >= 4 is 5.91 Å². The number of phenols is 1. The fourth-order valence-corrected chi connectivity index (χ4v) is 1.88. The highest BCUT2D eigenvalue weighted by Crippen LogP contribution is 2.15. The Morgan fingerprint density at radius 1 is 1.45 bits per heavy atom. The van der Waals surface area contributed by atoms with E-state index in [1.807, 2.05) is 19.1 Å². The number of nitrogens with one attached hydrogen (secondary N) is 1. The average Bonchev–Trinajstić information content (AvgIpc) is 2.89. The summed E-state index contributed by atoms with van der Waals surface area (Å²) in [5.74, 6) is -0.581. The maximum absolute atomic E-state index is 13.5. The van der Waals surface area contributed by atoms with Gasteiger partial charge < -0.3 is 14.8 Å². The standard InChI is InChI=1S/C15H16FNO3/c1-10(4-6-12-3-2-8-20-12)17-15(19)13-7-5-11(18)9-14(13)16/h2-3,5,7-10,18H,4,6H2,1H3,(H,17,19). The van der Waals surface area contributed by atoms with Crippen molar-refractivity contribution in [3.63, 3.8) is 0 Å². The molecule has 0 bridgehead atoms. The minimum atomic E-state index is -0.735. The predicted octanol–water partition coefficient (Wildman–Crippen LogP) is 2.88. The summed E-state index contributed by atoms with van der Waals surface area (Å²) in [5, 5.41) is 11.8. The summed E-state index contributed by atoms with van der Waals surface area (Å²) in [6.07, 6.45) is 3.00. The normalized spacial score (nSPS) is 12.1. The first-order valence-corrected chi connectivity index (χ1v) is 6.38. The minimum Gasteiger partial charge on any atom is -0.508 e. The molecule has 0 radical (unpaired) electrons. The highest BCUT2D eigenvalue weighted by atomic mass is 19.1. The van der Waals surface area contributed by atoms with Gasteiger partial charge in [0.2, 0.25) is 0 Å². The van der Waals surface area contributed by atoms with Crippen LogP contribution in [0.5, 0.6) is 5.75 Å². The van der Waals surface area contributed by atoms with Gasteiger partial charge >= 0.3 is 0 Å². The largest absolute Gasteiger partial charge is 0.508 e. The van der Waals surface area contributed by atoms with Gasteiger partial charge in [0, 0.05) is 18.5 Å². The minimum absolute atomic E-state index is 0.0763. The Labute approximate surface area is 116 Å². The number of benzene rings is 1. The third kappa shape index (κ3) is 3.60. The van der Waals surface area contributed by atoms with Crippen LogP contribution < -0.4 is 5.32 Å². The predicted molar refractivity (Wildman–Crippen MR) is 72.0 cm³/mol. The summed E-state index contributed by atoms with van der Waals surface area (Å²) in [6, 6.07) is 7.03. The number of carbonyl (C=O) groups is 1. The molecule has 5 heteroatoms. The summed E-state index contributed by atoms with van der Waals surface area (Å²) < 4.78 is 18.7. The molecule has 20 heavy (non-hydrogen) atoms. The van der Waals surface area contributed by atoms with E-state index in [2.05, 4.69) is 5.32 Å². The molecule has 0 saturated heterocycles. The van der Waals surface area contributed by atoms with Crippen LogP contribution in [0.1, 0.15) is 29.5 Å². The molecule has 0 fully saturated rings. The number of aromatic hydroxyl groups is 1. The zero-order valence-corrected chi connectivity index (χ0v) is 11.1. The summed E-state index contributed by atoms with van der Waals surface area (Å²) in [4.78, 5) is 11.9. The van der Waals surface area contributed by atoms with Crippen molar-refractivity contribution in [2.24, 2.45) is 0 Å². The van der Waals surface area contributed by atoms with E-state index in [-0.39, 0.29) is 17.4 Å². The Bertz CT molecular complexity index is 581. The second-order valence-corrected chi connectivity index (χ2v) is 4.66. The molecule has 0 saturated carbocycles. The lowest BCUT2D eigenvalue weighted by Gasteiger charge is -2.13. The number of carbonyl (C=O) groups excluding carboxylic acids is 1. The van der Waals surface area contributed by atoms with E-state index in [4.69, 9.17) is 9.52 Å². The fourth-order valence-electron chi connectivity index (χ4n) is 1.88. The molecule has 1 aromatic carbocycles. The van der Waals surface area contributed by atoms with Crippen LogP contribution >= 0.6 is 0 Å². The monoisotopic (exact) mass is 277 g/mol. The van der Waals surface area contributed by atoms with Gasteiger partial charge in [0.1, 0.15) is 17.3 Å². The molecule has 1 aromatic heterocycles. The number of phenolic OH excluding ortho intramolecular Hbond substituents is 1. The molecular weight excluding hydrogens is 261 g/mol. The van der Waals surface area contributed by atoms with Gasteiger partial charge in [-0.05, 0) is 37.6 Å². The van der Waals surface area contributed by atoms with Crippen LogP contribution in [0.4, 0.5) is 4.39 Å². The van der Waals surface area contributed by atoms with Crippen molar-refractivity contribution in [3.05, 3.63) is 53.7 Å². The first-order valence-electron chi connectivity index (χ1n) is 6.38. The third-order valence-electron chi connectivity index (χ3n) is 2.98. The first kappa shape index (κ1) is 14.1. The van der Waals surface area contributed by atoms with Gasteiger partial charge in [0.15, 0.2) is 0 Å². The number of rotatable bonds is 5. The van der Waals surface area contributed by atoms with E-state index in [1.165, 1.54) is 12.1 Å². The molecule has 0 spiro atoms. The molecule has 4 nitrogen and oxygen atoms in total. The number of hydrogen-bond donors (Lipinski definition) is 2. The van der Waals surface area contributed by atoms with E-state index in [0.717, 1.165) is 11.8 Å². The molecule has 0 aliphatic heterocycles. The van der Waals surface area contributed by atoms with Gasteiger partial charge in [-0.2, -0.15) is 0 Å². The summed E-state index contributed by atoms with van der Waals surface area (Å²) in [6.45, 7) is 1.85. The molecular formula is C15H16FNO3. The smallest absolute Gasteiger partial charge is 0.254 e. The summed E-state index contributed by atoms with van der Waals surface area (Å²) in [7, 11) is 0. The zero-order valence-electron chi connectivity index (χ0n) is 11.1. The molecule has 1 amide bonds. The van der Waals surface area contributed by atoms with Gasteiger partial charge in [0.25, 0.3) is 5.91 Å². The second-order valence-electron chi connectivity index (χ2n) is 4.66. The molecule has 2 N–H and O–H groups in total. The fraction of sp³-hybridized carbons (Fsp3) is 0.267. The molecule has 2 rings (SSSR count). The van der Waals surface area contributed by atoms with E-state index in [9.17, 15) is 9.18 Å². The van der Waals surface area contributed by atoms with Gasteiger partial charge in [-0.25, -0.2) is 4.39 Å². The van der Waals surface area contributed by atoms with Crippen molar-refractivity contribution in [2.75, 3.05) is 0 Å². The maximum Gasteiger partial charge on any atom is 0.254 e.